The maximum Gasteiger partial charge on any atom is 0.319 e. The van der Waals surface area contributed by atoms with Crippen molar-refractivity contribution in [2.75, 3.05) is 10.6 Å². The minimum absolute atomic E-state index is 0.0868. The van der Waals surface area contributed by atoms with E-state index in [1.165, 1.54) is 23.3 Å². The van der Waals surface area contributed by atoms with Crippen molar-refractivity contribution in [1.82, 2.24) is 5.32 Å². The van der Waals surface area contributed by atoms with E-state index in [2.05, 4.69) is 16.0 Å². The fourth-order valence-corrected chi connectivity index (χ4v) is 4.34. The van der Waals surface area contributed by atoms with Crippen LogP contribution in [0.15, 0.2) is 53.1 Å². The first-order valence-corrected chi connectivity index (χ1v) is 10.1. The summed E-state index contributed by atoms with van der Waals surface area (Å²) < 4.78 is 5.17. The summed E-state index contributed by atoms with van der Waals surface area (Å²) in [6, 6.07) is 12.3. The fraction of sp³-hybridized carbons (Fsp3) is 0.238. The number of rotatable bonds is 5. The average molecular weight is 395 g/mol. The molecule has 2 aromatic heterocycles. The van der Waals surface area contributed by atoms with E-state index in [9.17, 15) is 9.59 Å². The molecule has 1 aliphatic rings. The topological polar surface area (TPSA) is 83.4 Å². The van der Waals surface area contributed by atoms with Crippen LogP contribution in [0.5, 0.6) is 0 Å². The number of fused-ring (bicyclic) bond motifs is 1. The van der Waals surface area contributed by atoms with Gasteiger partial charge in [-0.25, -0.2) is 4.79 Å². The normalized spacial score (nSPS) is 12.9. The van der Waals surface area contributed by atoms with Crippen LogP contribution in [0.2, 0.25) is 0 Å². The number of hydrogen-bond donors (Lipinski definition) is 3. The smallest absolute Gasteiger partial charge is 0.319 e. The van der Waals surface area contributed by atoms with Crippen LogP contribution < -0.4 is 16.0 Å². The Bertz CT molecular complexity index is 938. The summed E-state index contributed by atoms with van der Waals surface area (Å²) in [6.07, 6.45) is 6.12. The lowest BCUT2D eigenvalue weighted by atomic mass is 9.99. The van der Waals surface area contributed by atoms with Crippen LogP contribution >= 0.6 is 11.3 Å². The first kappa shape index (κ1) is 18.3. The van der Waals surface area contributed by atoms with Gasteiger partial charge in [0.05, 0.1) is 17.7 Å². The van der Waals surface area contributed by atoms with E-state index in [1.807, 2.05) is 6.07 Å². The number of hydrogen-bond acceptors (Lipinski definition) is 4. The van der Waals surface area contributed by atoms with Crippen LogP contribution in [0.1, 0.15) is 38.7 Å². The second-order valence-corrected chi connectivity index (χ2v) is 7.82. The highest BCUT2D eigenvalue weighted by molar-refractivity contribution is 7.14. The SMILES string of the molecule is O=C(NCc1ccco1)Nc1ccc(NC(=O)c2cc3c(s2)CCCC3)cc1. The molecule has 6 nitrogen and oxygen atoms in total. The van der Waals surface area contributed by atoms with Gasteiger partial charge in [0.1, 0.15) is 5.76 Å². The molecule has 3 amide bonds. The number of carbonyl (C=O) groups excluding carboxylic acids is 2. The Morgan fingerprint density at radius 1 is 1.00 bits per heavy atom. The number of carbonyl (C=O) groups is 2. The summed E-state index contributed by atoms with van der Waals surface area (Å²) >= 11 is 1.59. The lowest BCUT2D eigenvalue weighted by molar-refractivity contribution is 0.103. The number of amides is 3. The molecule has 3 N–H and O–H groups in total. The number of aryl methyl sites for hydroxylation is 2. The van der Waals surface area contributed by atoms with Gasteiger partial charge in [-0.05, 0) is 73.7 Å². The second-order valence-electron chi connectivity index (χ2n) is 6.68. The minimum atomic E-state index is -0.322. The summed E-state index contributed by atoms with van der Waals surface area (Å²) in [5.74, 6) is 0.597. The maximum atomic E-state index is 12.5. The van der Waals surface area contributed by atoms with Crippen molar-refractivity contribution < 1.29 is 14.0 Å². The third-order valence-electron chi connectivity index (χ3n) is 4.62. The molecule has 0 fully saturated rings. The Kier molecular flexibility index (Phi) is 5.43. The zero-order chi connectivity index (χ0) is 19.3. The van der Waals surface area contributed by atoms with Crippen molar-refractivity contribution in [3.63, 3.8) is 0 Å². The molecule has 0 bridgehead atoms. The van der Waals surface area contributed by atoms with Gasteiger partial charge in [0, 0.05) is 16.3 Å². The van der Waals surface area contributed by atoms with Gasteiger partial charge >= 0.3 is 6.03 Å². The van der Waals surface area contributed by atoms with Crippen LogP contribution in [0.4, 0.5) is 16.2 Å². The molecule has 0 atom stereocenters. The lowest BCUT2D eigenvalue weighted by Gasteiger charge is -2.08. The number of furan rings is 1. The molecular weight excluding hydrogens is 374 g/mol. The van der Waals surface area contributed by atoms with E-state index in [4.69, 9.17) is 4.42 Å². The summed E-state index contributed by atoms with van der Waals surface area (Å²) in [7, 11) is 0. The Balaban J connectivity index is 1.30. The molecule has 0 aliphatic heterocycles. The predicted octanol–water partition coefficient (Wildman–Crippen LogP) is 4.79. The van der Waals surface area contributed by atoms with E-state index in [0.717, 1.165) is 17.7 Å². The maximum absolute atomic E-state index is 12.5. The average Bonchev–Trinajstić information content (AvgIpc) is 3.37. The molecule has 28 heavy (non-hydrogen) atoms. The first-order chi connectivity index (χ1) is 13.7. The van der Waals surface area contributed by atoms with Gasteiger partial charge in [-0.3, -0.25) is 4.79 Å². The lowest BCUT2D eigenvalue weighted by Crippen LogP contribution is -2.27. The van der Waals surface area contributed by atoms with E-state index in [1.54, 1.807) is 54.0 Å². The van der Waals surface area contributed by atoms with Crippen molar-refractivity contribution >= 4 is 34.6 Å². The minimum Gasteiger partial charge on any atom is -0.467 e. The van der Waals surface area contributed by atoms with Gasteiger partial charge in [0.25, 0.3) is 5.91 Å². The Morgan fingerprint density at radius 3 is 2.46 bits per heavy atom. The summed E-state index contributed by atoms with van der Waals surface area (Å²) in [5.41, 5.74) is 2.65. The molecule has 0 saturated carbocycles. The molecule has 1 aromatic carbocycles. The Labute approximate surface area is 167 Å². The standard InChI is InChI=1S/C21H21N3O3S/c25-20(19-12-14-4-1-2-6-18(14)28-19)23-15-7-9-16(10-8-15)24-21(26)22-13-17-5-3-11-27-17/h3,5,7-12H,1-2,4,6,13H2,(H,23,25)(H2,22,24,26). The zero-order valence-corrected chi connectivity index (χ0v) is 16.1. The van der Waals surface area contributed by atoms with E-state index >= 15 is 0 Å². The molecule has 4 rings (SSSR count). The number of nitrogens with one attached hydrogen (secondary N) is 3. The van der Waals surface area contributed by atoms with E-state index in [-0.39, 0.29) is 11.9 Å². The molecule has 0 saturated heterocycles. The summed E-state index contributed by atoms with van der Waals surface area (Å²) in [6.45, 7) is 0.317. The second kappa shape index (κ2) is 8.31. The van der Waals surface area contributed by atoms with Crippen molar-refractivity contribution in [3.8, 4) is 0 Å². The van der Waals surface area contributed by atoms with Gasteiger partial charge < -0.3 is 20.4 Å². The van der Waals surface area contributed by atoms with Crippen molar-refractivity contribution in [3.05, 3.63) is 69.8 Å². The van der Waals surface area contributed by atoms with Gasteiger partial charge in [0.15, 0.2) is 0 Å². The number of anilines is 2. The van der Waals surface area contributed by atoms with Gasteiger partial charge in [-0.1, -0.05) is 0 Å². The number of urea groups is 1. The monoisotopic (exact) mass is 395 g/mol. The molecule has 7 heteroatoms. The molecular formula is C21H21N3O3S. The summed E-state index contributed by atoms with van der Waals surface area (Å²) in [4.78, 5) is 26.5. The van der Waals surface area contributed by atoms with E-state index in [0.29, 0.717) is 23.7 Å². The predicted molar refractivity (Wildman–Crippen MR) is 110 cm³/mol. The molecule has 0 spiro atoms. The third-order valence-corrected chi connectivity index (χ3v) is 5.86. The van der Waals surface area contributed by atoms with Gasteiger partial charge in [0.2, 0.25) is 0 Å². The van der Waals surface area contributed by atoms with Crippen molar-refractivity contribution in [2.24, 2.45) is 0 Å². The molecule has 144 valence electrons. The third kappa shape index (κ3) is 4.43. The van der Waals surface area contributed by atoms with Crippen LogP contribution in [-0.4, -0.2) is 11.9 Å². The highest BCUT2D eigenvalue weighted by Gasteiger charge is 2.17. The largest absolute Gasteiger partial charge is 0.467 e. The Morgan fingerprint density at radius 2 is 1.75 bits per heavy atom. The molecule has 0 radical (unpaired) electrons. The van der Waals surface area contributed by atoms with Gasteiger partial charge in [-0.2, -0.15) is 0 Å². The van der Waals surface area contributed by atoms with Gasteiger partial charge in [-0.15, -0.1) is 11.3 Å². The van der Waals surface area contributed by atoms with E-state index < -0.39 is 0 Å². The number of benzene rings is 1. The molecule has 3 aromatic rings. The van der Waals surface area contributed by atoms with Crippen LogP contribution in [0.3, 0.4) is 0 Å². The fourth-order valence-electron chi connectivity index (χ4n) is 3.19. The van der Waals surface area contributed by atoms with Crippen LogP contribution in [-0.2, 0) is 19.4 Å². The molecule has 0 unspecified atom stereocenters. The quantitative estimate of drug-likeness (QED) is 0.581. The highest BCUT2D eigenvalue weighted by Crippen LogP contribution is 2.30. The zero-order valence-electron chi connectivity index (χ0n) is 15.3. The summed E-state index contributed by atoms with van der Waals surface area (Å²) in [5, 5.41) is 8.38. The van der Waals surface area contributed by atoms with Crippen LogP contribution in [0.25, 0.3) is 0 Å². The Hall–Kier alpha value is -3.06. The van der Waals surface area contributed by atoms with Crippen molar-refractivity contribution in [1.29, 1.82) is 0 Å². The molecule has 2 heterocycles. The first-order valence-electron chi connectivity index (χ1n) is 9.27. The molecule has 1 aliphatic carbocycles. The van der Waals surface area contributed by atoms with Crippen LogP contribution in [0, 0.1) is 0 Å². The number of thiophene rings is 1. The highest BCUT2D eigenvalue weighted by atomic mass is 32.1. The van der Waals surface area contributed by atoms with Crippen molar-refractivity contribution in [2.45, 2.75) is 32.2 Å².